The van der Waals surface area contributed by atoms with E-state index in [0.717, 1.165) is 0 Å². The van der Waals surface area contributed by atoms with Gasteiger partial charge in [-0.25, -0.2) is 8.42 Å². The van der Waals surface area contributed by atoms with Gasteiger partial charge >= 0.3 is 0 Å². The molecule has 1 unspecified atom stereocenters. The molecule has 2 N–H and O–H groups in total. The maximum Gasteiger partial charge on any atom is 0.191 e. The monoisotopic (exact) mass is 365 g/mol. The number of rotatable bonds is 7. The van der Waals surface area contributed by atoms with Gasteiger partial charge in [0.05, 0.1) is 17.2 Å². The number of nitrogens with one attached hydrogen (secondary N) is 2. The lowest BCUT2D eigenvalue weighted by atomic mass is 10.3. The number of aliphatic imine (C=N–C) groups is 1. The lowest BCUT2D eigenvalue weighted by Crippen LogP contribution is -2.45. The van der Waals surface area contributed by atoms with Crippen LogP contribution in [-0.2, 0) is 16.4 Å². The standard InChI is InChI=1S/C17H23N3O2S2/c1-3-14(13-24(21,22)16-9-5-4-6-10-16)20-17(18-2)19-12-15-8-7-11-23-15/h4-11,14H,3,12-13H2,1-2H3,(H2,18,19,20). The highest BCUT2D eigenvalue weighted by molar-refractivity contribution is 7.91. The predicted octanol–water partition coefficient (Wildman–Crippen LogP) is 2.67. The minimum Gasteiger partial charge on any atom is -0.353 e. The van der Waals surface area contributed by atoms with Crippen LogP contribution >= 0.6 is 11.3 Å². The molecule has 0 fully saturated rings. The van der Waals surface area contributed by atoms with E-state index in [2.05, 4.69) is 15.6 Å². The minimum atomic E-state index is -3.33. The molecule has 130 valence electrons. The van der Waals surface area contributed by atoms with E-state index >= 15 is 0 Å². The van der Waals surface area contributed by atoms with E-state index in [0.29, 0.717) is 23.8 Å². The Morgan fingerprint density at radius 3 is 2.54 bits per heavy atom. The summed E-state index contributed by atoms with van der Waals surface area (Å²) in [6.07, 6.45) is 0.686. The second-order valence-corrected chi connectivity index (χ2v) is 8.42. The summed E-state index contributed by atoms with van der Waals surface area (Å²) in [5.41, 5.74) is 0. The lowest BCUT2D eigenvalue weighted by molar-refractivity contribution is 0.569. The Bertz CT molecular complexity index is 741. The summed E-state index contributed by atoms with van der Waals surface area (Å²) in [5.74, 6) is 0.645. The SMILES string of the molecule is CCC(CS(=O)(=O)c1ccccc1)NC(=NC)NCc1cccs1. The first-order chi connectivity index (χ1) is 11.5. The number of thiophene rings is 1. The number of hydrogen-bond acceptors (Lipinski definition) is 4. The summed E-state index contributed by atoms with van der Waals surface area (Å²) in [5, 5.41) is 8.45. The van der Waals surface area contributed by atoms with E-state index in [1.807, 2.05) is 30.5 Å². The molecule has 2 aromatic rings. The number of nitrogens with zero attached hydrogens (tertiary/aromatic N) is 1. The maximum absolute atomic E-state index is 12.5. The molecule has 0 amide bonds. The van der Waals surface area contributed by atoms with Gasteiger partial charge in [0, 0.05) is 18.0 Å². The lowest BCUT2D eigenvalue weighted by Gasteiger charge is -2.20. The fourth-order valence-corrected chi connectivity index (χ4v) is 4.48. The van der Waals surface area contributed by atoms with Gasteiger partial charge in [-0.2, -0.15) is 0 Å². The average molecular weight is 366 g/mol. The van der Waals surface area contributed by atoms with Crippen molar-refractivity contribution in [2.75, 3.05) is 12.8 Å². The van der Waals surface area contributed by atoms with E-state index in [1.54, 1.807) is 42.6 Å². The van der Waals surface area contributed by atoms with Gasteiger partial charge in [-0.3, -0.25) is 4.99 Å². The number of hydrogen-bond donors (Lipinski definition) is 2. The number of guanidine groups is 1. The smallest absolute Gasteiger partial charge is 0.191 e. The van der Waals surface area contributed by atoms with Crippen LogP contribution in [0.2, 0.25) is 0 Å². The van der Waals surface area contributed by atoms with Gasteiger partial charge in [-0.05, 0) is 30.0 Å². The fourth-order valence-electron chi connectivity index (χ4n) is 2.22. The summed E-state index contributed by atoms with van der Waals surface area (Å²) in [6, 6.07) is 12.4. The summed E-state index contributed by atoms with van der Waals surface area (Å²) in [7, 11) is -1.64. The predicted molar refractivity (Wildman–Crippen MR) is 100 cm³/mol. The topological polar surface area (TPSA) is 70.6 Å². The Balaban J connectivity index is 1.97. The number of benzene rings is 1. The summed E-state index contributed by atoms with van der Waals surface area (Å²) in [4.78, 5) is 5.73. The van der Waals surface area contributed by atoms with Crippen LogP contribution in [0, 0.1) is 0 Å². The Kier molecular flexibility index (Phi) is 6.81. The molecule has 0 aliphatic rings. The van der Waals surface area contributed by atoms with E-state index in [9.17, 15) is 8.42 Å². The van der Waals surface area contributed by atoms with Crippen LogP contribution in [0.15, 0.2) is 57.7 Å². The molecule has 5 nitrogen and oxygen atoms in total. The Morgan fingerprint density at radius 1 is 1.21 bits per heavy atom. The first kappa shape index (κ1) is 18.5. The van der Waals surface area contributed by atoms with E-state index in [1.165, 1.54) is 4.88 Å². The first-order valence-electron chi connectivity index (χ1n) is 7.82. The Labute approximate surface area is 147 Å². The largest absolute Gasteiger partial charge is 0.353 e. The van der Waals surface area contributed by atoms with Crippen molar-refractivity contribution in [1.29, 1.82) is 0 Å². The molecule has 24 heavy (non-hydrogen) atoms. The van der Waals surface area contributed by atoms with Gasteiger partial charge in [0.2, 0.25) is 0 Å². The van der Waals surface area contributed by atoms with Gasteiger partial charge in [0.1, 0.15) is 0 Å². The molecule has 1 aromatic carbocycles. The van der Waals surface area contributed by atoms with Crippen LogP contribution < -0.4 is 10.6 Å². The summed E-state index contributed by atoms with van der Waals surface area (Å²) < 4.78 is 25.0. The zero-order valence-corrected chi connectivity index (χ0v) is 15.5. The second-order valence-electron chi connectivity index (χ2n) is 5.35. The molecule has 0 saturated carbocycles. The average Bonchev–Trinajstić information content (AvgIpc) is 3.11. The molecular formula is C17H23N3O2S2. The Hall–Kier alpha value is -1.86. The van der Waals surface area contributed by atoms with Gasteiger partial charge in [-0.15, -0.1) is 11.3 Å². The molecule has 1 heterocycles. The number of sulfone groups is 1. The van der Waals surface area contributed by atoms with Crippen molar-refractivity contribution in [1.82, 2.24) is 10.6 Å². The summed E-state index contributed by atoms with van der Waals surface area (Å²) >= 11 is 1.67. The van der Waals surface area contributed by atoms with Crippen LogP contribution in [0.1, 0.15) is 18.2 Å². The van der Waals surface area contributed by atoms with Crippen LogP contribution in [-0.4, -0.2) is 33.2 Å². The van der Waals surface area contributed by atoms with Gasteiger partial charge < -0.3 is 10.6 Å². The molecule has 0 bridgehead atoms. The molecule has 0 spiro atoms. The van der Waals surface area contributed by atoms with Crippen LogP contribution in [0.3, 0.4) is 0 Å². The third kappa shape index (κ3) is 5.35. The van der Waals surface area contributed by atoms with Crippen molar-refractivity contribution in [3.8, 4) is 0 Å². The van der Waals surface area contributed by atoms with Crippen LogP contribution in [0.5, 0.6) is 0 Å². The third-order valence-electron chi connectivity index (χ3n) is 3.59. The molecule has 2 rings (SSSR count). The van der Waals surface area contributed by atoms with Gasteiger partial charge in [0.25, 0.3) is 0 Å². The normalized spacial score (nSPS) is 13.5. The highest BCUT2D eigenvalue weighted by atomic mass is 32.2. The molecule has 1 aromatic heterocycles. The zero-order chi connectivity index (χ0) is 17.4. The van der Waals surface area contributed by atoms with E-state index < -0.39 is 9.84 Å². The summed E-state index contributed by atoms with van der Waals surface area (Å²) in [6.45, 7) is 2.63. The highest BCUT2D eigenvalue weighted by Crippen LogP contribution is 2.12. The van der Waals surface area contributed by atoms with E-state index in [4.69, 9.17) is 0 Å². The second kappa shape index (κ2) is 8.84. The minimum absolute atomic E-state index is 0.0349. The van der Waals surface area contributed by atoms with Gasteiger partial charge in [0.15, 0.2) is 15.8 Å². The highest BCUT2D eigenvalue weighted by Gasteiger charge is 2.20. The fraction of sp³-hybridized carbons (Fsp3) is 0.353. The van der Waals surface area contributed by atoms with Crippen molar-refractivity contribution in [2.24, 2.45) is 4.99 Å². The van der Waals surface area contributed by atoms with E-state index in [-0.39, 0.29) is 11.8 Å². The maximum atomic E-state index is 12.5. The molecule has 0 saturated heterocycles. The van der Waals surface area contributed by atoms with Crippen molar-refractivity contribution < 1.29 is 8.42 Å². The first-order valence-corrected chi connectivity index (χ1v) is 10.4. The Morgan fingerprint density at radius 2 is 1.96 bits per heavy atom. The van der Waals surface area contributed by atoms with Crippen molar-refractivity contribution in [3.05, 3.63) is 52.7 Å². The van der Waals surface area contributed by atoms with Gasteiger partial charge in [-0.1, -0.05) is 31.2 Å². The van der Waals surface area contributed by atoms with Crippen LogP contribution in [0.4, 0.5) is 0 Å². The van der Waals surface area contributed by atoms with Crippen LogP contribution in [0.25, 0.3) is 0 Å². The molecular weight excluding hydrogens is 342 g/mol. The van der Waals surface area contributed by atoms with Crippen molar-refractivity contribution >= 4 is 27.1 Å². The van der Waals surface area contributed by atoms with Crippen molar-refractivity contribution in [2.45, 2.75) is 30.8 Å². The molecule has 7 heteroatoms. The quantitative estimate of drug-likeness (QED) is 0.585. The third-order valence-corrected chi connectivity index (χ3v) is 6.30. The zero-order valence-electron chi connectivity index (χ0n) is 13.9. The molecule has 0 aliphatic carbocycles. The molecule has 0 aliphatic heterocycles. The molecule has 1 atom stereocenters. The van der Waals surface area contributed by atoms with Crippen molar-refractivity contribution in [3.63, 3.8) is 0 Å². The molecule has 0 radical (unpaired) electrons.